The first-order chi connectivity index (χ1) is 15.1. The zero-order chi connectivity index (χ0) is 23.5. The fourth-order valence-electron chi connectivity index (χ4n) is 3.23. The first-order valence-corrected chi connectivity index (χ1v) is 12.6. The number of allylic oxidation sites excluding steroid dienone is 1. The highest BCUT2D eigenvalue weighted by Crippen LogP contribution is 2.30. The van der Waals surface area contributed by atoms with Crippen molar-refractivity contribution in [1.29, 1.82) is 0 Å². The van der Waals surface area contributed by atoms with Crippen LogP contribution in [-0.4, -0.2) is 30.1 Å². The van der Waals surface area contributed by atoms with Gasteiger partial charge in [0.1, 0.15) is 5.69 Å². The van der Waals surface area contributed by atoms with Crippen LogP contribution < -0.4 is 20.2 Å². The van der Waals surface area contributed by atoms with Gasteiger partial charge in [-0.25, -0.2) is 18.1 Å². The fourth-order valence-corrected chi connectivity index (χ4v) is 4.58. The molecular weight excluding hydrogens is 444 g/mol. The zero-order valence-corrected chi connectivity index (χ0v) is 20.1. The highest BCUT2D eigenvalue weighted by molar-refractivity contribution is 7.89. The predicted octanol–water partition coefficient (Wildman–Crippen LogP) is 2.28. The molecule has 1 N–H and O–H groups in total. The number of hydrogen-bond donors (Lipinski definition) is 1. The minimum atomic E-state index is -3.69. The molecule has 0 atom stereocenters. The van der Waals surface area contributed by atoms with Gasteiger partial charge in [-0.1, -0.05) is 43.0 Å². The summed E-state index contributed by atoms with van der Waals surface area (Å²) in [5, 5.41) is 2.37. The second-order valence-electron chi connectivity index (χ2n) is 7.35. The van der Waals surface area contributed by atoms with Gasteiger partial charge in [-0.05, 0) is 31.6 Å². The minimum Gasteiger partial charge on any atom is -0.351 e. The molecule has 3 aromatic rings. The van der Waals surface area contributed by atoms with Crippen LogP contribution in [0.1, 0.15) is 27.9 Å². The Hall–Kier alpha value is -3.17. The van der Waals surface area contributed by atoms with Crippen LogP contribution in [0.5, 0.6) is 0 Å². The Kier molecular flexibility index (Phi) is 7.00. The smallest absolute Gasteiger partial charge is 0.284 e. The number of aromatic nitrogens is 2. The monoisotopic (exact) mass is 470 g/mol. The summed E-state index contributed by atoms with van der Waals surface area (Å²) in [6.07, 6.45) is 6.82. The number of nitrogens with zero attached hydrogens (tertiary/aromatic N) is 3. The molecule has 0 bridgehead atoms. The maximum absolute atomic E-state index is 12.5. The Labute approximate surface area is 192 Å². The molecule has 0 saturated carbocycles. The molecule has 0 unspecified atom stereocenters. The van der Waals surface area contributed by atoms with Gasteiger partial charge in [-0.15, -0.1) is 11.3 Å². The third-order valence-electron chi connectivity index (χ3n) is 4.79. The highest BCUT2D eigenvalue weighted by atomic mass is 32.2. The topological polar surface area (TPSA) is 84.3 Å². The van der Waals surface area contributed by atoms with E-state index < -0.39 is 15.9 Å². The summed E-state index contributed by atoms with van der Waals surface area (Å²) in [7, 11) is -1.76. The molecule has 2 aromatic heterocycles. The third-order valence-corrected chi connectivity index (χ3v) is 6.34. The first-order valence-electron chi connectivity index (χ1n) is 9.89. The number of benzene rings is 1. The number of aryl methyl sites for hydroxylation is 2. The SMILES string of the molecule is C=c1/c(=C(\C=C/C)N(Cc2ccccc2)c2nc(C(=O)NS(C)(=O)=O)c(C)s2)ccn1C. The third kappa shape index (κ3) is 5.35. The minimum absolute atomic E-state index is 0.0937. The van der Waals surface area contributed by atoms with Crippen molar-refractivity contribution in [3.63, 3.8) is 0 Å². The van der Waals surface area contributed by atoms with Gasteiger partial charge in [-0.3, -0.25) is 4.79 Å². The van der Waals surface area contributed by atoms with Crippen LogP contribution in [0, 0.1) is 6.92 Å². The average molecular weight is 471 g/mol. The van der Waals surface area contributed by atoms with Gasteiger partial charge in [0.25, 0.3) is 5.91 Å². The van der Waals surface area contributed by atoms with Crippen molar-refractivity contribution in [2.75, 3.05) is 11.2 Å². The van der Waals surface area contributed by atoms with Crippen molar-refractivity contribution < 1.29 is 13.2 Å². The first kappa shape index (κ1) is 23.5. The molecule has 1 amide bonds. The molecule has 0 aliphatic carbocycles. The van der Waals surface area contributed by atoms with Gasteiger partial charge in [-0.2, -0.15) is 0 Å². The van der Waals surface area contributed by atoms with Crippen LogP contribution in [0.2, 0.25) is 0 Å². The normalized spacial score (nSPS) is 12.8. The van der Waals surface area contributed by atoms with E-state index in [9.17, 15) is 13.2 Å². The largest absolute Gasteiger partial charge is 0.351 e. The van der Waals surface area contributed by atoms with E-state index in [1.807, 2.05) is 82.9 Å². The molecule has 0 fully saturated rings. The molecule has 0 saturated heterocycles. The zero-order valence-electron chi connectivity index (χ0n) is 18.5. The molecule has 0 radical (unpaired) electrons. The van der Waals surface area contributed by atoms with Gasteiger partial charge >= 0.3 is 0 Å². The number of anilines is 1. The standard InChI is InChI=1S/C23H26N4O3S2/c1-6-10-20(19-13-14-26(4)16(19)2)27(15-18-11-8-7-9-12-18)23-24-21(17(3)31-23)22(28)25-32(5,29)30/h6-14H,2,15H2,1,3-5H3,(H,25,28)/b10-6-,20-19+. The second-order valence-corrected chi connectivity index (χ2v) is 10.3. The van der Waals surface area contributed by atoms with Crippen LogP contribution in [0.15, 0.2) is 54.7 Å². The van der Waals surface area contributed by atoms with Crippen LogP contribution in [0.25, 0.3) is 12.3 Å². The lowest BCUT2D eigenvalue weighted by Gasteiger charge is -2.23. The van der Waals surface area contributed by atoms with E-state index in [1.165, 1.54) is 11.3 Å². The lowest BCUT2D eigenvalue weighted by Crippen LogP contribution is -2.34. The van der Waals surface area contributed by atoms with E-state index in [1.54, 1.807) is 6.92 Å². The van der Waals surface area contributed by atoms with Gasteiger partial charge in [0.2, 0.25) is 10.0 Å². The predicted molar refractivity (Wildman–Crippen MR) is 130 cm³/mol. The number of thiazole rings is 1. The van der Waals surface area contributed by atoms with Crippen LogP contribution in [0.4, 0.5) is 5.13 Å². The van der Waals surface area contributed by atoms with Crippen molar-refractivity contribution in [2.24, 2.45) is 7.05 Å². The van der Waals surface area contributed by atoms with E-state index in [-0.39, 0.29) is 5.69 Å². The quantitative estimate of drug-likeness (QED) is 0.573. The van der Waals surface area contributed by atoms with Gasteiger partial charge in [0.05, 0.1) is 18.5 Å². The van der Waals surface area contributed by atoms with E-state index in [0.29, 0.717) is 16.6 Å². The summed E-state index contributed by atoms with van der Waals surface area (Å²) in [6, 6.07) is 11.9. The van der Waals surface area contributed by atoms with E-state index in [0.717, 1.165) is 28.1 Å². The maximum atomic E-state index is 12.5. The molecule has 0 spiro atoms. The molecule has 7 nitrogen and oxygen atoms in total. The highest BCUT2D eigenvalue weighted by Gasteiger charge is 2.23. The molecule has 0 aliphatic rings. The molecule has 2 heterocycles. The Balaban J connectivity index is 2.19. The fraction of sp³-hybridized carbons (Fsp3) is 0.217. The van der Waals surface area contributed by atoms with Gasteiger partial charge in [0, 0.05) is 28.7 Å². The van der Waals surface area contributed by atoms with Crippen LogP contribution in [-0.2, 0) is 23.6 Å². The summed E-state index contributed by atoms with van der Waals surface area (Å²) in [4.78, 5) is 19.7. The Morgan fingerprint density at radius 3 is 2.53 bits per heavy atom. The average Bonchev–Trinajstić information content (AvgIpc) is 3.27. The number of hydrogen-bond acceptors (Lipinski definition) is 6. The van der Waals surface area contributed by atoms with E-state index in [4.69, 9.17) is 0 Å². The summed E-state index contributed by atoms with van der Waals surface area (Å²) in [5.74, 6) is -0.739. The Morgan fingerprint density at radius 1 is 1.28 bits per heavy atom. The molecular formula is C23H26N4O3S2. The summed E-state index contributed by atoms with van der Waals surface area (Å²) >= 11 is 1.33. The Bertz CT molecular complexity index is 1370. The van der Waals surface area contributed by atoms with Crippen molar-refractivity contribution >= 4 is 44.7 Å². The molecule has 0 aliphatic heterocycles. The van der Waals surface area contributed by atoms with Crippen molar-refractivity contribution in [2.45, 2.75) is 20.4 Å². The number of carbonyl (C=O) groups excluding carboxylic acids is 1. The lowest BCUT2D eigenvalue weighted by atomic mass is 10.2. The number of nitrogens with one attached hydrogen (secondary N) is 1. The lowest BCUT2D eigenvalue weighted by molar-refractivity contribution is 0.0977. The summed E-state index contributed by atoms with van der Waals surface area (Å²) < 4.78 is 27.0. The molecule has 32 heavy (non-hydrogen) atoms. The van der Waals surface area contributed by atoms with Crippen LogP contribution in [0.3, 0.4) is 0 Å². The molecule has 1 aromatic carbocycles. The van der Waals surface area contributed by atoms with Gasteiger partial charge in [0.15, 0.2) is 5.13 Å². The maximum Gasteiger partial charge on any atom is 0.284 e. The van der Waals surface area contributed by atoms with Crippen molar-refractivity contribution in [1.82, 2.24) is 14.3 Å². The van der Waals surface area contributed by atoms with E-state index >= 15 is 0 Å². The van der Waals surface area contributed by atoms with Crippen LogP contribution >= 0.6 is 11.3 Å². The summed E-state index contributed by atoms with van der Waals surface area (Å²) in [5.41, 5.74) is 2.04. The number of sulfonamides is 1. The van der Waals surface area contributed by atoms with Gasteiger partial charge < -0.3 is 9.47 Å². The van der Waals surface area contributed by atoms with Crippen molar-refractivity contribution in [3.05, 3.63) is 81.4 Å². The van der Waals surface area contributed by atoms with Crippen molar-refractivity contribution in [3.8, 4) is 0 Å². The second kappa shape index (κ2) is 9.54. The summed E-state index contributed by atoms with van der Waals surface area (Å²) in [6.45, 7) is 8.39. The number of amides is 1. The molecule has 168 valence electrons. The number of rotatable bonds is 7. The molecule has 3 rings (SSSR count). The molecule has 9 heteroatoms. The Morgan fingerprint density at radius 2 is 1.97 bits per heavy atom. The number of carbonyl (C=O) groups is 1. The van der Waals surface area contributed by atoms with E-state index in [2.05, 4.69) is 11.6 Å².